The Morgan fingerprint density at radius 1 is 1.05 bits per heavy atom. The van der Waals surface area contributed by atoms with E-state index in [2.05, 4.69) is 0 Å². The molecule has 0 saturated carbocycles. The van der Waals surface area contributed by atoms with Crippen LogP contribution in [0.1, 0.15) is 6.42 Å². The van der Waals surface area contributed by atoms with Gasteiger partial charge in [-0.25, -0.2) is 4.90 Å². The maximum atomic E-state index is 12.5. The number of benzene rings is 2. The van der Waals surface area contributed by atoms with Gasteiger partial charge in [0.25, 0.3) is 0 Å². The Hall–Kier alpha value is -2.27. The van der Waals surface area contributed by atoms with Crippen LogP contribution in [-0.2, 0) is 9.59 Å². The fourth-order valence-electron chi connectivity index (χ4n) is 2.36. The van der Waals surface area contributed by atoms with Crippen molar-refractivity contribution in [3.63, 3.8) is 0 Å². The highest BCUT2D eigenvalue weighted by Gasteiger charge is 2.39. The van der Waals surface area contributed by atoms with Crippen LogP contribution in [0.4, 0.5) is 5.69 Å². The summed E-state index contributed by atoms with van der Waals surface area (Å²) in [4.78, 5) is 26.9. The van der Waals surface area contributed by atoms with Crippen LogP contribution in [0.5, 0.6) is 5.75 Å². The molecule has 0 aliphatic carbocycles. The second kappa shape index (κ2) is 6.23. The molecule has 1 aliphatic heterocycles. The van der Waals surface area contributed by atoms with Crippen molar-refractivity contribution in [3.8, 4) is 5.75 Å². The molecular formula is C17H15NO3S. The van der Waals surface area contributed by atoms with Crippen molar-refractivity contribution in [3.05, 3.63) is 54.6 Å². The average molecular weight is 313 g/mol. The Morgan fingerprint density at radius 2 is 1.73 bits per heavy atom. The van der Waals surface area contributed by atoms with Crippen LogP contribution in [0.2, 0.25) is 0 Å². The van der Waals surface area contributed by atoms with Crippen molar-refractivity contribution in [1.29, 1.82) is 0 Å². The molecule has 2 aromatic rings. The Labute approximate surface area is 133 Å². The molecule has 22 heavy (non-hydrogen) atoms. The monoisotopic (exact) mass is 313 g/mol. The number of imide groups is 1. The summed E-state index contributed by atoms with van der Waals surface area (Å²) in [6.07, 6.45) is 0.227. The topological polar surface area (TPSA) is 46.6 Å². The molecule has 3 rings (SSSR count). The zero-order valence-electron chi connectivity index (χ0n) is 12.1. The Bertz CT molecular complexity index is 685. The predicted molar refractivity (Wildman–Crippen MR) is 86.2 cm³/mol. The molecule has 0 aromatic heterocycles. The number of hydrogen-bond donors (Lipinski definition) is 0. The molecule has 1 heterocycles. The molecule has 0 N–H and O–H groups in total. The Balaban J connectivity index is 1.76. The number of carbonyl (C=O) groups excluding carboxylic acids is 2. The molecule has 0 bridgehead atoms. The van der Waals surface area contributed by atoms with Gasteiger partial charge in [0.05, 0.1) is 18.0 Å². The van der Waals surface area contributed by atoms with Gasteiger partial charge in [0.15, 0.2) is 0 Å². The molecule has 1 aliphatic rings. The smallest absolute Gasteiger partial charge is 0.247 e. The van der Waals surface area contributed by atoms with Crippen molar-refractivity contribution in [2.24, 2.45) is 0 Å². The quantitative estimate of drug-likeness (QED) is 0.814. The van der Waals surface area contributed by atoms with Crippen LogP contribution in [0.25, 0.3) is 0 Å². The SMILES string of the molecule is COc1ccc(SC2CC(=O)N(c3ccccc3)C2=O)cc1. The van der Waals surface area contributed by atoms with E-state index in [9.17, 15) is 9.59 Å². The minimum absolute atomic E-state index is 0.151. The maximum absolute atomic E-state index is 12.5. The molecule has 2 amide bonds. The van der Waals surface area contributed by atoms with Crippen LogP contribution in [0, 0.1) is 0 Å². The second-order valence-corrected chi connectivity index (χ2v) is 6.17. The lowest BCUT2D eigenvalue weighted by Gasteiger charge is -2.14. The Kier molecular flexibility index (Phi) is 4.15. The third kappa shape index (κ3) is 2.85. The summed E-state index contributed by atoms with van der Waals surface area (Å²) in [7, 11) is 1.61. The van der Waals surface area contributed by atoms with Gasteiger partial charge < -0.3 is 4.74 Å². The number of ether oxygens (including phenoxy) is 1. The molecule has 1 saturated heterocycles. The van der Waals surface area contributed by atoms with Crippen LogP contribution >= 0.6 is 11.8 Å². The Morgan fingerprint density at radius 3 is 2.36 bits per heavy atom. The summed E-state index contributed by atoms with van der Waals surface area (Å²) in [5.74, 6) is 0.461. The number of anilines is 1. The molecule has 1 fully saturated rings. The first-order chi connectivity index (χ1) is 10.7. The van der Waals surface area contributed by atoms with Gasteiger partial charge in [-0.2, -0.15) is 0 Å². The number of nitrogens with zero attached hydrogens (tertiary/aromatic N) is 1. The largest absolute Gasteiger partial charge is 0.497 e. The van der Waals surface area contributed by atoms with E-state index in [0.717, 1.165) is 10.6 Å². The van der Waals surface area contributed by atoms with E-state index >= 15 is 0 Å². The highest BCUT2D eigenvalue weighted by molar-refractivity contribution is 8.00. The summed E-state index contributed by atoms with van der Waals surface area (Å²) in [5.41, 5.74) is 0.635. The summed E-state index contributed by atoms with van der Waals surface area (Å²) in [5, 5.41) is -0.374. The van der Waals surface area contributed by atoms with Gasteiger partial charge in [-0.15, -0.1) is 11.8 Å². The maximum Gasteiger partial charge on any atom is 0.247 e. The van der Waals surface area contributed by atoms with Crippen LogP contribution in [-0.4, -0.2) is 24.2 Å². The first-order valence-electron chi connectivity index (χ1n) is 6.91. The zero-order valence-corrected chi connectivity index (χ0v) is 12.9. The number of carbonyl (C=O) groups is 2. The first-order valence-corrected chi connectivity index (χ1v) is 7.79. The highest BCUT2D eigenvalue weighted by Crippen LogP contribution is 2.34. The standard InChI is InChI=1S/C17H15NO3S/c1-21-13-7-9-14(10-8-13)22-15-11-16(19)18(17(15)20)12-5-3-2-4-6-12/h2-10,15H,11H2,1H3. The minimum Gasteiger partial charge on any atom is -0.497 e. The molecule has 2 aromatic carbocycles. The van der Waals surface area contributed by atoms with E-state index in [4.69, 9.17) is 4.74 Å². The molecule has 1 unspecified atom stereocenters. The van der Waals surface area contributed by atoms with E-state index in [1.165, 1.54) is 16.7 Å². The van der Waals surface area contributed by atoms with E-state index in [0.29, 0.717) is 5.69 Å². The molecule has 5 heteroatoms. The van der Waals surface area contributed by atoms with E-state index in [1.54, 1.807) is 19.2 Å². The van der Waals surface area contributed by atoms with Crippen molar-refractivity contribution in [2.45, 2.75) is 16.6 Å². The van der Waals surface area contributed by atoms with Gasteiger partial charge in [-0.3, -0.25) is 9.59 Å². The van der Waals surface area contributed by atoms with Crippen LogP contribution in [0.3, 0.4) is 0 Å². The first kappa shape index (κ1) is 14.7. The van der Waals surface area contributed by atoms with E-state index in [-0.39, 0.29) is 23.5 Å². The lowest BCUT2D eigenvalue weighted by Crippen LogP contribution is -2.30. The average Bonchev–Trinajstić information content (AvgIpc) is 2.83. The number of amides is 2. The van der Waals surface area contributed by atoms with Gasteiger partial charge >= 0.3 is 0 Å². The molecular weight excluding hydrogens is 298 g/mol. The van der Waals surface area contributed by atoms with Crippen LogP contribution < -0.4 is 9.64 Å². The summed E-state index contributed by atoms with van der Waals surface area (Å²) < 4.78 is 5.11. The predicted octanol–water partition coefficient (Wildman–Crippen LogP) is 3.12. The van der Waals surface area contributed by atoms with Crippen molar-refractivity contribution < 1.29 is 14.3 Å². The molecule has 112 valence electrons. The van der Waals surface area contributed by atoms with E-state index < -0.39 is 0 Å². The van der Waals surface area contributed by atoms with Crippen LogP contribution in [0.15, 0.2) is 59.5 Å². The van der Waals surface area contributed by atoms with Gasteiger partial charge in [0.2, 0.25) is 11.8 Å². The number of hydrogen-bond acceptors (Lipinski definition) is 4. The number of methoxy groups -OCH3 is 1. The number of rotatable bonds is 4. The lowest BCUT2D eigenvalue weighted by molar-refractivity contribution is -0.121. The lowest BCUT2D eigenvalue weighted by atomic mass is 10.3. The molecule has 0 spiro atoms. The molecule has 4 nitrogen and oxygen atoms in total. The normalized spacial score (nSPS) is 17.9. The van der Waals surface area contributed by atoms with Gasteiger partial charge in [-0.05, 0) is 36.4 Å². The molecule has 1 atom stereocenters. The summed E-state index contributed by atoms with van der Waals surface area (Å²) >= 11 is 1.41. The number of para-hydroxylation sites is 1. The van der Waals surface area contributed by atoms with E-state index in [1.807, 2.05) is 42.5 Å². The fourth-order valence-corrected chi connectivity index (χ4v) is 3.42. The third-order valence-electron chi connectivity index (χ3n) is 3.46. The van der Waals surface area contributed by atoms with Crippen molar-refractivity contribution >= 4 is 29.3 Å². The zero-order chi connectivity index (χ0) is 15.5. The second-order valence-electron chi connectivity index (χ2n) is 4.89. The summed E-state index contributed by atoms with van der Waals surface area (Å²) in [6.45, 7) is 0. The van der Waals surface area contributed by atoms with Gasteiger partial charge in [-0.1, -0.05) is 18.2 Å². The number of thioether (sulfide) groups is 1. The fraction of sp³-hybridized carbons (Fsp3) is 0.176. The summed E-state index contributed by atoms with van der Waals surface area (Å²) in [6, 6.07) is 16.5. The minimum atomic E-state index is -0.374. The molecule has 0 radical (unpaired) electrons. The highest BCUT2D eigenvalue weighted by atomic mass is 32.2. The third-order valence-corrected chi connectivity index (χ3v) is 4.65. The van der Waals surface area contributed by atoms with Gasteiger partial charge in [0, 0.05) is 11.3 Å². The van der Waals surface area contributed by atoms with Gasteiger partial charge in [0.1, 0.15) is 5.75 Å². The van der Waals surface area contributed by atoms with Crippen molar-refractivity contribution in [2.75, 3.05) is 12.0 Å². The van der Waals surface area contributed by atoms with Crippen molar-refractivity contribution in [1.82, 2.24) is 0 Å².